The Morgan fingerprint density at radius 3 is 2.06 bits per heavy atom. The van der Waals surface area contributed by atoms with E-state index in [1.165, 1.54) is 37.4 Å². The van der Waals surface area contributed by atoms with E-state index in [0.29, 0.717) is 18.5 Å². The summed E-state index contributed by atoms with van der Waals surface area (Å²) in [5.74, 6) is -1.24. The topological polar surface area (TPSA) is 111 Å². The minimum absolute atomic E-state index is 0.00235. The van der Waals surface area contributed by atoms with Gasteiger partial charge in [-0.2, -0.15) is 0 Å². The van der Waals surface area contributed by atoms with Gasteiger partial charge in [0.1, 0.15) is 5.56 Å². The number of nitro benzene ring substituents is 1. The highest BCUT2D eigenvalue weighted by molar-refractivity contribution is 9.10. The van der Waals surface area contributed by atoms with E-state index in [1.54, 1.807) is 24.3 Å². The van der Waals surface area contributed by atoms with Gasteiger partial charge < -0.3 is 14.2 Å². The molecular formula is C20H20BrN3O7. The van der Waals surface area contributed by atoms with Crippen molar-refractivity contribution in [2.45, 2.75) is 6.42 Å². The van der Waals surface area contributed by atoms with Crippen LogP contribution in [0.3, 0.4) is 0 Å². The Morgan fingerprint density at radius 2 is 1.55 bits per heavy atom. The van der Waals surface area contributed by atoms with Crippen LogP contribution in [-0.2, 0) is 0 Å². The summed E-state index contributed by atoms with van der Waals surface area (Å²) in [4.78, 5) is 37.5. The van der Waals surface area contributed by atoms with Crippen LogP contribution in [0.4, 0.5) is 5.69 Å². The molecule has 0 radical (unpaired) electrons. The molecular weight excluding hydrogens is 474 g/mol. The van der Waals surface area contributed by atoms with Gasteiger partial charge in [-0.05, 0) is 30.7 Å². The fraction of sp³-hybridized carbons (Fsp3) is 0.300. The molecule has 1 saturated heterocycles. The standard InChI is InChI=1S/C20H20BrN3O7/c1-29-15-11-14(16(24(27)28)18(31-3)17(15)30-2)20(26)23-10-4-9-22(23)19(25)12-5-7-13(21)8-6-12/h5-8,11H,4,9-10H2,1-3H3. The van der Waals surface area contributed by atoms with Gasteiger partial charge in [0.2, 0.25) is 11.5 Å². The molecule has 2 aromatic rings. The highest BCUT2D eigenvalue weighted by Crippen LogP contribution is 2.46. The van der Waals surface area contributed by atoms with Crippen LogP contribution in [0.5, 0.6) is 17.2 Å². The molecule has 0 bridgehead atoms. The molecule has 1 aliphatic heterocycles. The van der Waals surface area contributed by atoms with E-state index in [-0.39, 0.29) is 35.3 Å². The van der Waals surface area contributed by atoms with Crippen molar-refractivity contribution in [1.82, 2.24) is 10.0 Å². The number of rotatable bonds is 6. The van der Waals surface area contributed by atoms with Crippen LogP contribution in [0.25, 0.3) is 0 Å². The number of amides is 2. The number of carbonyl (C=O) groups excluding carboxylic acids is 2. The van der Waals surface area contributed by atoms with E-state index in [0.717, 1.165) is 4.47 Å². The molecule has 0 aliphatic carbocycles. The lowest BCUT2D eigenvalue weighted by atomic mass is 10.1. The second-order valence-corrected chi connectivity index (χ2v) is 7.43. The van der Waals surface area contributed by atoms with Crippen molar-refractivity contribution in [2.75, 3.05) is 34.4 Å². The predicted octanol–water partition coefficient (Wildman–Crippen LogP) is 3.29. The molecule has 1 aliphatic rings. The lowest BCUT2D eigenvalue weighted by Gasteiger charge is -2.28. The third kappa shape index (κ3) is 4.13. The molecule has 0 aromatic heterocycles. The number of nitro groups is 1. The third-order valence-electron chi connectivity index (χ3n) is 4.81. The molecule has 0 N–H and O–H groups in total. The quantitative estimate of drug-likeness (QED) is 0.448. The number of ether oxygens (including phenoxy) is 3. The van der Waals surface area contributed by atoms with Gasteiger partial charge in [0.05, 0.1) is 26.3 Å². The molecule has 10 nitrogen and oxygen atoms in total. The molecule has 164 valence electrons. The fourth-order valence-electron chi connectivity index (χ4n) is 3.40. The first-order valence-corrected chi connectivity index (χ1v) is 9.99. The number of benzene rings is 2. The summed E-state index contributed by atoms with van der Waals surface area (Å²) in [6, 6.07) is 7.94. The molecule has 31 heavy (non-hydrogen) atoms. The largest absolute Gasteiger partial charge is 0.493 e. The zero-order valence-corrected chi connectivity index (χ0v) is 18.7. The summed E-state index contributed by atoms with van der Waals surface area (Å²) in [7, 11) is 3.89. The SMILES string of the molecule is COc1cc(C(=O)N2CCCN2C(=O)c2ccc(Br)cc2)c([N+](=O)[O-])c(OC)c1OC. The lowest BCUT2D eigenvalue weighted by molar-refractivity contribution is -0.386. The highest BCUT2D eigenvalue weighted by atomic mass is 79.9. The van der Waals surface area contributed by atoms with Gasteiger partial charge in [0.25, 0.3) is 11.8 Å². The second-order valence-electron chi connectivity index (χ2n) is 6.52. The Kier molecular flexibility index (Phi) is 6.64. The van der Waals surface area contributed by atoms with Crippen LogP contribution in [0, 0.1) is 10.1 Å². The Bertz CT molecular complexity index is 1030. The Hall–Kier alpha value is -3.34. The summed E-state index contributed by atoms with van der Waals surface area (Å²) in [5.41, 5.74) is -0.439. The van der Waals surface area contributed by atoms with Crippen molar-refractivity contribution >= 4 is 33.4 Å². The van der Waals surface area contributed by atoms with E-state index in [4.69, 9.17) is 14.2 Å². The lowest BCUT2D eigenvalue weighted by Crippen LogP contribution is -2.45. The number of hydrogen-bond acceptors (Lipinski definition) is 7. The zero-order chi connectivity index (χ0) is 22.7. The summed E-state index contributed by atoms with van der Waals surface area (Å²) in [5, 5.41) is 14.3. The number of methoxy groups -OCH3 is 3. The van der Waals surface area contributed by atoms with E-state index in [9.17, 15) is 19.7 Å². The van der Waals surface area contributed by atoms with Gasteiger partial charge in [0.15, 0.2) is 5.75 Å². The molecule has 0 saturated carbocycles. The van der Waals surface area contributed by atoms with Crippen LogP contribution in [-0.4, -0.2) is 61.2 Å². The maximum absolute atomic E-state index is 13.4. The van der Waals surface area contributed by atoms with Gasteiger partial charge >= 0.3 is 5.69 Å². The van der Waals surface area contributed by atoms with E-state index in [1.807, 2.05) is 0 Å². The molecule has 3 rings (SSSR count). The molecule has 0 spiro atoms. The maximum atomic E-state index is 13.4. The Balaban J connectivity index is 2.05. The van der Waals surface area contributed by atoms with Gasteiger partial charge in [-0.3, -0.25) is 19.7 Å². The molecule has 11 heteroatoms. The van der Waals surface area contributed by atoms with Gasteiger partial charge in [-0.1, -0.05) is 15.9 Å². The Morgan fingerprint density at radius 1 is 0.968 bits per heavy atom. The van der Waals surface area contributed by atoms with Crippen LogP contribution >= 0.6 is 15.9 Å². The zero-order valence-electron chi connectivity index (χ0n) is 17.1. The fourth-order valence-corrected chi connectivity index (χ4v) is 3.66. The maximum Gasteiger partial charge on any atom is 0.327 e. The van der Waals surface area contributed by atoms with Crippen molar-refractivity contribution in [3.63, 3.8) is 0 Å². The van der Waals surface area contributed by atoms with Crippen LogP contribution in [0.2, 0.25) is 0 Å². The second kappa shape index (κ2) is 9.21. The first-order chi connectivity index (χ1) is 14.8. The molecule has 1 heterocycles. The average Bonchev–Trinajstić information content (AvgIpc) is 3.26. The number of carbonyl (C=O) groups is 2. The predicted molar refractivity (Wildman–Crippen MR) is 114 cm³/mol. The molecule has 0 unspecified atom stereocenters. The minimum atomic E-state index is -0.717. The van der Waals surface area contributed by atoms with Crippen molar-refractivity contribution in [3.8, 4) is 17.2 Å². The third-order valence-corrected chi connectivity index (χ3v) is 5.34. The van der Waals surface area contributed by atoms with Crippen molar-refractivity contribution in [2.24, 2.45) is 0 Å². The van der Waals surface area contributed by atoms with Gasteiger partial charge in [0, 0.05) is 29.2 Å². The Labute approximate surface area is 186 Å². The summed E-state index contributed by atoms with van der Waals surface area (Å²) in [6.45, 7) is 0.535. The monoisotopic (exact) mass is 493 g/mol. The molecule has 1 fully saturated rings. The van der Waals surface area contributed by atoms with Gasteiger partial charge in [-0.25, -0.2) is 10.0 Å². The van der Waals surface area contributed by atoms with Crippen LogP contribution in [0.1, 0.15) is 27.1 Å². The molecule has 2 amide bonds. The van der Waals surface area contributed by atoms with Crippen LogP contribution in [0.15, 0.2) is 34.8 Å². The van der Waals surface area contributed by atoms with E-state index < -0.39 is 16.5 Å². The minimum Gasteiger partial charge on any atom is -0.493 e. The number of halogens is 1. The summed E-state index contributed by atoms with van der Waals surface area (Å²) in [6.07, 6.45) is 0.534. The highest BCUT2D eigenvalue weighted by Gasteiger charge is 2.38. The first-order valence-electron chi connectivity index (χ1n) is 9.20. The van der Waals surface area contributed by atoms with Crippen molar-refractivity contribution in [3.05, 3.63) is 56.0 Å². The van der Waals surface area contributed by atoms with Gasteiger partial charge in [-0.15, -0.1) is 0 Å². The molecule has 0 atom stereocenters. The normalized spacial score (nSPS) is 13.2. The number of hydrazine groups is 1. The van der Waals surface area contributed by atoms with Crippen molar-refractivity contribution < 1.29 is 28.7 Å². The number of nitrogens with zero attached hydrogens (tertiary/aromatic N) is 3. The summed E-state index contributed by atoms with van der Waals surface area (Å²) < 4.78 is 16.4. The summed E-state index contributed by atoms with van der Waals surface area (Å²) >= 11 is 3.32. The first kappa shape index (κ1) is 22.3. The van der Waals surface area contributed by atoms with Crippen molar-refractivity contribution in [1.29, 1.82) is 0 Å². The van der Waals surface area contributed by atoms with Crippen LogP contribution < -0.4 is 14.2 Å². The number of hydrogen-bond donors (Lipinski definition) is 0. The van der Waals surface area contributed by atoms with E-state index in [2.05, 4.69) is 15.9 Å². The molecule has 2 aromatic carbocycles. The average molecular weight is 494 g/mol. The smallest absolute Gasteiger partial charge is 0.327 e. The van der Waals surface area contributed by atoms with E-state index >= 15 is 0 Å².